The summed E-state index contributed by atoms with van der Waals surface area (Å²) in [5.41, 5.74) is 10.5. The number of aryl methyl sites for hydroxylation is 1. The molecule has 0 aliphatic heterocycles. The molecule has 3 nitrogen and oxygen atoms in total. The largest absolute Gasteiger partial charge is 0.465 e. The zero-order valence-electron chi connectivity index (χ0n) is 12.5. The quantitative estimate of drug-likeness (QED) is 0.858. The Labute approximate surface area is 125 Å². The number of nitrogens with two attached hydrogens (primary N) is 1. The van der Waals surface area contributed by atoms with E-state index in [-0.39, 0.29) is 5.97 Å². The Bertz CT molecular complexity index is 622. The number of carbonyl (C=O) groups excluding carboxylic acids is 1. The van der Waals surface area contributed by atoms with Crippen LogP contribution >= 0.6 is 0 Å². The van der Waals surface area contributed by atoms with E-state index in [4.69, 9.17) is 10.5 Å². The Balaban J connectivity index is 2.19. The fourth-order valence-electron chi connectivity index (χ4n) is 2.35. The lowest BCUT2D eigenvalue weighted by molar-refractivity contribution is -0.144. The predicted octanol–water partition coefficient (Wildman–Crippen LogP) is 3.09. The summed E-state index contributed by atoms with van der Waals surface area (Å²) < 4.78 is 4.95. The molecule has 0 bridgehead atoms. The van der Waals surface area contributed by atoms with E-state index in [1.165, 1.54) is 11.1 Å². The van der Waals surface area contributed by atoms with Crippen molar-refractivity contribution in [1.82, 2.24) is 0 Å². The van der Waals surface area contributed by atoms with Crippen molar-refractivity contribution in [2.45, 2.75) is 26.3 Å². The molecule has 2 rings (SSSR count). The number of rotatable bonds is 5. The Hall–Kier alpha value is -2.13. The number of hydrogen-bond acceptors (Lipinski definition) is 3. The molecule has 0 aromatic heterocycles. The van der Waals surface area contributed by atoms with Crippen molar-refractivity contribution in [1.29, 1.82) is 0 Å². The maximum absolute atomic E-state index is 11.6. The molecule has 0 aliphatic carbocycles. The second kappa shape index (κ2) is 7.04. The van der Waals surface area contributed by atoms with Crippen LogP contribution in [0.25, 0.3) is 11.1 Å². The van der Waals surface area contributed by atoms with Crippen LogP contribution in [-0.4, -0.2) is 18.6 Å². The Kier molecular flexibility index (Phi) is 5.12. The van der Waals surface area contributed by atoms with E-state index in [0.717, 1.165) is 11.1 Å². The molecule has 0 fully saturated rings. The predicted molar refractivity (Wildman–Crippen MR) is 84.9 cm³/mol. The van der Waals surface area contributed by atoms with Crippen LogP contribution < -0.4 is 5.73 Å². The molecule has 0 amide bonds. The molecule has 2 aromatic carbocycles. The van der Waals surface area contributed by atoms with Crippen LogP contribution in [0, 0.1) is 6.92 Å². The van der Waals surface area contributed by atoms with Gasteiger partial charge in [0.05, 0.1) is 6.61 Å². The molecule has 21 heavy (non-hydrogen) atoms. The average molecular weight is 283 g/mol. The van der Waals surface area contributed by atoms with Gasteiger partial charge in [0.2, 0.25) is 0 Å². The highest BCUT2D eigenvalue weighted by Crippen LogP contribution is 2.24. The molecule has 0 spiro atoms. The van der Waals surface area contributed by atoms with Crippen molar-refractivity contribution in [2.24, 2.45) is 5.73 Å². The molecule has 0 saturated heterocycles. The van der Waals surface area contributed by atoms with E-state index < -0.39 is 6.04 Å². The molecule has 0 aliphatic rings. The van der Waals surface area contributed by atoms with Crippen LogP contribution in [0.4, 0.5) is 0 Å². The monoisotopic (exact) mass is 283 g/mol. The highest BCUT2D eigenvalue weighted by atomic mass is 16.5. The van der Waals surface area contributed by atoms with Crippen LogP contribution in [0.5, 0.6) is 0 Å². The van der Waals surface area contributed by atoms with Crippen molar-refractivity contribution in [3.05, 3.63) is 59.7 Å². The Morgan fingerprint density at radius 3 is 2.67 bits per heavy atom. The molecule has 1 atom stereocenters. The summed E-state index contributed by atoms with van der Waals surface area (Å²) in [5, 5.41) is 0. The fourth-order valence-corrected chi connectivity index (χ4v) is 2.35. The van der Waals surface area contributed by atoms with Crippen molar-refractivity contribution in [2.75, 3.05) is 6.61 Å². The van der Waals surface area contributed by atoms with Gasteiger partial charge in [0.15, 0.2) is 0 Å². The third-order valence-corrected chi connectivity index (χ3v) is 3.43. The Morgan fingerprint density at radius 2 is 1.95 bits per heavy atom. The van der Waals surface area contributed by atoms with Gasteiger partial charge in [0.25, 0.3) is 0 Å². The first-order valence-electron chi connectivity index (χ1n) is 7.19. The molecule has 0 radical (unpaired) electrons. The first kappa shape index (κ1) is 15.3. The molecular formula is C18H21NO2. The van der Waals surface area contributed by atoms with E-state index in [1.54, 1.807) is 6.92 Å². The number of ether oxygens (including phenoxy) is 1. The zero-order chi connectivity index (χ0) is 15.2. The van der Waals surface area contributed by atoms with Crippen LogP contribution in [0.2, 0.25) is 0 Å². The fraction of sp³-hybridized carbons (Fsp3) is 0.278. The van der Waals surface area contributed by atoms with Gasteiger partial charge >= 0.3 is 5.97 Å². The normalized spacial score (nSPS) is 12.0. The zero-order valence-corrected chi connectivity index (χ0v) is 12.5. The molecule has 0 saturated carbocycles. The van der Waals surface area contributed by atoms with E-state index in [1.807, 2.05) is 24.3 Å². The first-order valence-corrected chi connectivity index (χ1v) is 7.19. The Morgan fingerprint density at radius 1 is 1.19 bits per heavy atom. The van der Waals surface area contributed by atoms with Crippen LogP contribution in [0.15, 0.2) is 48.5 Å². The van der Waals surface area contributed by atoms with Crippen molar-refractivity contribution < 1.29 is 9.53 Å². The summed E-state index contributed by atoms with van der Waals surface area (Å²) in [6, 6.07) is 15.8. The van der Waals surface area contributed by atoms with Crippen LogP contribution in [-0.2, 0) is 16.0 Å². The van der Waals surface area contributed by atoms with Gasteiger partial charge in [-0.2, -0.15) is 0 Å². The third kappa shape index (κ3) is 3.92. The number of hydrogen-bond donors (Lipinski definition) is 1. The third-order valence-electron chi connectivity index (χ3n) is 3.43. The molecular weight excluding hydrogens is 262 g/mol. The molecule has 0 unspecified atom stereocenters. The lowest BCUT2D eigenvalue weighted by Crippen LogP contribution is -2.34. The maximum atomic E-state index is 11.6. The van der Waals surface area contributed by atoms with Gasteiger partial charge in [-0.25, -0.2) is 0 Å². The van der Waals surface area contributed by atoms with Gasteiger partial charge < -0.3 is 10.5 Å². The van der Waals surface area contributed by atoms with Crippen LogP contribution in [0.3, 0.4) is 0 Å². The lowest BCUT2D eigenvalue weighted by Gasteiger charge is -2.12. The minimum absolute atomic E-state index is 0.348. The van der Waals surface area contributed by atoms with Gasteiger partial charge in [0, 0.05) is 0 Å². The molecule has 3 heteroatoms. The van der Waals surface area contributed by atoms with Gasteiger partial charge in [-0.15, -0.1) is 0 Å². The summed E-state index contributed by atoms with van der Waals surface area (Å²) in [6.45, 7) is 4.23. The SMILES string of the molecule is CCOC(=O)[C@H](N)Cc1cccc(-c2ccccc2C)c1. The van der Waals surface area contributed by atoms with E-state index >= 15 is 0 Å². The smallest absolute Gasteiger partial charge is 0.323 e. The van der Waals surface area contributed by atoms with Crippen molar-refractivity contribution >= 4 is 5.97 Å². The van der Waals surface area contributed by atoms with Crippen molar-refractivity contribution in [3.8, 4) is 11.1 Å². The lowest BCUT2D eigenvalue weighted by atomic mass is 9.97. The van der Waals surface area contributed by atoms with E-state index in [2.05, 4.69) is 31.2 Å². The maximum Gasteiger partial charge on any atom is 0.323 e. The topological polar surface area (TPSA) is 52.3 Å². The van der Waals surface area contributed by atoms with Gasteiger partial charge in [-0.3, -0.25) is 4.79 Å². The average Bonchev–Trinajstić information content (AvgIpc) is 2.48. The summed E-state index contributed by atoms with van der Waals surface area (Å²) >= 11 is 0. The summed E-state index contributed by atoms with van der Waals surface area (Å²) in [6.07, 6.45) is 0.485. The van der Waals surface area contributed by atoms with Gasteiger partial charge in [0.1, 0.15) is 6.04 Å². The first-order chi connectivity index (χ1) is 10.1. The summed E-state index contributed by atoms with van der Waals surface area (Å²) in [4.78, 5) is 11.6. The second-order valence-corrected chi connectivity index (χ2v) is 5.08. The van der Waals surface area contributed by atoms with E-state index in [9.17, 15) is 4.79 Å². The number of esters is 1. The molecule has 2 aromatic rings. The minimum atomic E-state index is -0.614. The van der Waals surface area contributed by atoms with Crippen molar-refractivity contribution in [3.63, 3.8) is 0 Å². The second-order valence-electron chi connectivity index (χ2n) is 5.08. The van der Waals surface area contributed by atoms with Crippen LogP contribution in [0.1, 0.15) is 18.1 Å². The molecule has 110 valence electrons. The number of carbonyl (C=O) groups is 1. The molecule has 0 heterocycles. The highest BCUT2D eigenvalue weighted by Gasteiger charge is 2.15. The van der Waals surface area contributed by atoms with E-state index in [0.29, 0.717) is 13.0 Å². The minimum Gasteiger partial charge on any atom is -0.465 e. The standard InChI is InChI=1S/C18H21NO2/c1-3-21-18(20)17(19)12-14-8-6-9-15(11-14)16-10-5-4-7-13(16)2/h4-11,17H,3,12,19H2,1-2H3/t17-/m1/s1. The van der Waals surface area contributed by atoms with Gasteiger partial charge in [-0.05, 0) is 42.5 Å². The number of benzene rings is 2. The summed E-state index contributed by atoms with van der Waals surface area (Å²) in [5.74, 6) is -0.348. The highest BCUT2D eigenvalue weighted by molar-refractivity contribution is 5.76. The van der Waals surface area contributed by atoms with Gasteiger partial charge in [-0.1, -0.05) is 48.5 Å². The molecule has 2 N–H and O–H groups in total. The summed E-state index contributed by atoms with van der Waals surface area (Å²) in [7, 11) is 0.